The molecule has 0 radical (unpaired) electrons. The van der Waals surface area contributed by atoms with Gasteiger partial charge in [0.15, 0.2) is 0 Å². The Morgan fingerprint density at radius 3 is 2.15 bits per heavy atom. The van der Waals surface area contributed by atoms with Gasteiger partial charge in [-0.3, -0.25) is 9.59 Å². The maximum Gasteiger partial charge on any atom is 0.321 e. The molecule has 0 aliphatic carbocycles. The zero-order chi connectivity index (χ0) is 19.9. The summed E-state index contributed by atoms with van der Waals surface area (Å²) in [6.07, 6.45) is -0.219. The topological polar surface area (TPSA) is 113 Å². The van der Waals surface area contributed by atoms with Crippen LogP contribution in [0.3, 0.4) is 0 Å². The Bertz CT molecular complexity index is 880. The highest BCUT2D eigenvalue weighted by Gasteiger charge is 2.26. The quantitative estimate of drug-likeness (QED) is 0.606. The van der Waals surface area contributed by atoms with Crippen LogP contribution in [0.4, 0.5) is 0 Å². The van der Waals surface area contributed by atoms with Gasteiger partial charge in [-0.2, -0.15) is 4.72 Å². The van der Waals surface area contributed by atoms with E-state index in [4.69, 9.17) is 0 Å². The fraction of sp³-hybridized carbons (Fsp3) is 0.263. The minimum Gasteiger partial charge on any atom is -0.480 e. The maximum atomic E-state index is 12.5. The van der Waals surface area contributed by atoms with E-state index in [1.165, 1.54) is 12.1 Å². The highest BCUT2D eigenvalue weighted by atomic mass is 32.2. The maximum absolute atomic E-state index is 12.5. The minimum absolute atomic E-state index is 0.0357. The second-order valence-corrected chi connectivity index (χ2v) is 7.61. The Labute approximate surface area is 158 Å². The Balaban J connectivity index is 2.11. The van der Waals surface area contributed by atoms with E-state index in [0.717, 1.165) is 11.1 Å². The zero-order valence-electron chi connectivity index (χ0n) is 14.9. The van der Waals surface area contributed by atoms with Crippen molar-refractivity contribution in [2.45, 2.75) is 30.7 Å². The van der Waals surface area contributed by atoms with Gasteiger partial charge in [-0.05, 0) is 36.6 Å². The number of carboxylic acid groups (broad SMARTS) is 1. The molecule has 2 aromatic carbocycles. The van der Waals surface area contributed by atoms with E-state index in [2.05, 4.69) is 10.0 Å². The van der Waals surface area contributed by atoms with Crippen molar-refractivity contribution in [3.63, 3.8) is 0 Å². The third kappa shape index (κ3) is 5.90. The van der Waals surface area contributed by atoms with Crippen LogP contribution in [0.1, 0.15) is 19.8 Å². The van der Waals surface area contributed by atoms with Crippen LogP contribution >= 0.6 is 0 Å². The van der Waals surface area contributed by atoms with E-state index in [9.17, 15) is 23.1 Å². The summed E-state index contributed by atoms with van der Waals surface area (Å²) >= 11 is 0. The van der Waals surface area contributed by atoms with Gasteiger partial charge in [-0.15, -0.1) is 0 Å². The number of sulfonamides is 1. The van der Waals surface area contributed by atoms with E-state index in [1.807, 2.05) is 30.3 Å². The number of carbonyl (C=O) groups is 2. The summed E-state index contributed by atoms with van der Waals surface area (Å²) in [5.74, 6) is -1.65. The summed E-state index contributed by atoms with van der Waals surface area (Å²) in [6.45, 7) is 2.17. The van der Waals surface area contributed by atoms with E-state index in [1.54, 1.807) is 19.1 Å². The summed E-state index contributed by atoms with van der Waals surface area (Å²) in [5, 5.41) is 11.8. The van der Waals surface area contributed by atoms with Crippen LogP contribution in [-0.4, -0.2) is 38.0 Å². The number of rotatable bonds is 9. The average molecular weight is 390 g/mol. The predicted molar refractivity (Wildman–Crippen MR) is 102 cm³/mol. The van der Waals surface area contributed by atoms with Crippen molar-refractivity contribution in [1.82, 2.24) is 10.0 Å². The molecule has 1 amide bonds. The lowest BCUT2D eigenvalue weighted by atomic mass is 10.1. The van der Waals surface area contributed by atoms with E-state index in [-0.39, 0.29) is 23.6 Å². The summed E-state index contributed by atoms with van der Waals surface area (Å²) < 4.78 is 27.1. The number of amides is 1. The first-order chi connectivity index (χ1) is 12.8. The van der Waals surface area contributed by atoms with E-state index in [0.29, 0.717) is 6.54 Å². The molecule has 0 bridgehead atoms. The first-order valence-corrected chi connectivity index (χ1v) is 9.99. The van der Waals surface area contributed by atoms with Gasteiger partial charge in [-0.25, -0.2) is 8.42 Å². The lowest BCUT2D eigenvalue weighted by Crippen LogP contribution is -2.41. The van der Waals surface area contributed by atoms with Crippen LogP contribution in [-0.2, 0) is 19.6 Å². The number of hydrogen-bond donors (Lipinski definition) is 3. The predicted octanol–water partition coefficient (Wildman–Crippen LogP) is 2.00. The summed E-state index contributed by atoms with van der Waals surface area (Å²) in [6, 6.07) is 14.3. The van der Waals surface area contributed by atoms with Crippen molar-refractivity contribution < 1.29 is 23.1 Å². The Kier molecular flexibility index (Phi) is 7.09. The van der Waals surface area contributed by atoms with Crippen LogP contribution in [0.25, 0.3) is 11.1 Å². The fourth-order valence-corrected chi connectivity index (χ4v) is 3.73. The highest BCUT2D eigenvalue weighted by Crippen LogP contribution is 2.21. The molecule has 0 saturated carbocycles. The Morgan fingerprint density at radius 1 is 1.00 bits per heavy atom. The first kappa shape index (κ1) is 20.6. The molecule has 2 rings (SSSR count). The molecule has 0 spiro atoms. The molecule has 7 nitrogen and oxygen atoms in total. The monoisotopic (exact) mass is 390 g/mol. The van der Waals surface area contributed by atoms with Crippen molar-refractivity contribution in [3.05, 3.63) is 54.6 Å². The molecular weight excluding hydrogens is 368 g/mol. The number of carboxylic acids is 1. The van der Waals surface area contributed by atoms with Crippen molar-refractivity contribution in [2.24, 2.45) is 0 Å². The van der Waals surface area contributed by atoms with Crippen LogP contribution < -0.4 is 10.0 Å². The SMILES string of the molecule is CCNC(=O)CCC(NS(=O)(=O)c1ccc(-c2ccccc2)cc1)C(=O)O. The number of nitrogens with one attached hydrogen (secondary N) is 2. The number of benzene rings is 2. The van der Waals surface area contributed by atoms with Gasteiger partial charge in [-0.1, -0.05) is 42.5 Å². The summed E-state index contributed by atoms with van der Waals surface area (Å²) in [5.41, 5.74) is 1.79. The molecule has 0 fully saturated rings. The third-order valence-corrected chi connectivity index (χ3v) is 5.39. The first-order valence-electron chi connectivity index (χ1n) is 8.51. The van der Waals surface area contributed by atoms with Gasteiger partial charge in [0, 0.05) is 13.0 Å². The van der Waals surface area contributed by atoms with Crippen molar-refractivity contribution >= 4 is 21.9 Å². The Hall–Kier alpha value is -2.71. The molecular formula is C19H22N2O5S. The van der Waals surface area contributed by atoms with Crippen LogP contribution in [0.2, 0.25) is 0 Å². The molecule has 144 valence electrons. The zero-order valence-corrected chi connectivity index (χ0v) is 15.7. The smallest absolute Gasteiger partial charge is 0.321 e. The minimum atomic E-state index is -4.03. The average Bonchev–Trinajstić information content (AvgIpc) is 2.66. The molecule has 2 aromatic rings. The van der Waals surface area contributed by atoms with Crippen LogP contribution in [0, 0.1) is 0 Å². The van der Waals surface area contributed by atoms with Gasteiger partial charge in [0.2, 0.25) is 15.9 Å². The third-order valence-electron chi connectivity index (χ3n) is 3.90. The van der Waals surface area contributed by atoms with Gasteiger partial charge in [0.1, 0.15) is 6.04 Å². The molecule has 0 aliphatic heterocycles. The summed E-state index contributed by atoms with van der Waals surface area (Å²) in [7, 11) is -4.03. The number of carbonyl (C=O) groups excluding carboxylic acids is 1. The van der Waals surface area contributed by atoms with Gasteiger partial charge >= 0.3 is 5.97 Å². The Morgan fingerprint density at radius 2 is 1.59 bits per heavy atom. The van der Waals surface area contributed by atoms with Crippen molar-refractivity contribution in [1.29, 1.82) is 0 Å². The molecule has 1 atom stereocenters. The second kappa shape index (κ2) is 9.29. The second-order valence-electron chi connectivity index (χ2n) is 5.89. The molecule has 27 heavy (non-hydrogen) atoms. The molecule has 1 unspecified atom stereocenters. The van der Waals surface area contributed by atoms with Gasteiger partial charge < -0.3 is 10.4 Å². The largest absolute Gasteiger partial charge is 0.480 e. The van der Waals surface area contributed by atoms with E-state index >= 15 is 0 Å². The number of hydrogen-bond acceptors (Lipinski definition) is 4. The number of aliphatic carboxylic acids is 1. The lowest BCUT2D eigenvalue weighted by Gasteiger charge is -2.15. The molecule has 3 N–H and O–H groups in total. The molecule has 0 heterocycles. The molecule has 0 aliphatic rings. The van der Waals surface area contributed by atoms with Crippen molar-refractivity contribution in [3.8, 4) is 11.1 Å². The summed E-state index contributed by atoms with van der Waals surface area (Å²) in [4.78, 5) is 22.8. The van der Waals surface area contributed by atoms with E-state index < -0.39 is 22.0 Å². The lowest BCUT2D eigenvalue weighted by molar-refractivity contribution is -0.139. The fourth-order valence-electron chi connectivity index (χ4n) is 2.51. The molecule has 8 heteroatoms. The highest BCUT2D eigenvalue weighted by molar-refractivity contribution is 7.89. The normalized spacial score (nSPS) is 12.3. The van der Waals surface area contributed by atoms with Gasteiger partial charge in [0.05, 0.1) is 4.90 Å². The van der Waals surface area contributed by atoms with Gasteiger partial charge in [0.25, 0.3) is 0 Å². The van der Waals surface area contributed by atoms with Crippen LogP contribution in [0.15, 0.2) is 59.5 Å². The molecule has 0 saturated heterocycles. The molecule has 0 aromatic heterocycles. The van der Waals surface area contributed by atoms with Crippen molar-refractivity contribution in [2.75, 3.05) is 6.54 Å². The standard InChI is InChI=1S/C19H22N2O5S/c1-2-20-18(22)13-12-17(19(23)24)21-27(25,26)16-10-8-15(9-11-16)14-6-4-3-5-7-14/h3-11,17,21H,2,12-13H2,1H3,(H,20,22)(H,23,24). The van der Waals surface area contributed by atoms with Crippen LogP contribution in [0.5, 0.6) is 0 Å².